The summed E-state index contributed by atoms with van der Waals surface area (Å²) in [7, 11) is 1.90. The van der Waals surface area contributed by atoms with E-state index in [1.54, 1.807) is 0 Å². The normalized spacial score (nSPS) is 35.8. The summed E-state index contributed by atoms with van der Waals surface area (Å²) in [5.41, 5.74) is 0. The van der Waals surface area contributed by atoms with Crippen LogP contribution in [0.15, 0.2) is 0 Å². The zero-order valence-electron chi connectivity index (χ0n) is 10.2. The quantitative estimate of drug-likeness (QED) is 0.813. The highest BCUT2D eigenvalue weighted by molar-refractivity contribution is 7.99. The maximum Gasteiger partial charge on any atom is 0.239 e. The zero-order chi connectivity index (χ0) is 11.5. The van der Waals surface area contributed by atoms with Crippen molar-refractivity contribution in [2.75, 3.05) is 19.8 Å². The Morgan fingerprint density at radius 3 is 2.44 bits per heavy atom. The molecule has 0 bridgehead atoms. The number of thioether (sulfide) groups is 1. The molecule has 1 saturated heterocycles. The highest BCUT2D eigenvalue weighted by atomic mass is 32.2. The number of nitrogens with one attached hydrogen (secondary N) is 1. The Hall–Kier alpha value is -0.220. The van der Waals surface area contributed by atoms with Gasteiger partial charge in [-0.05, 0) is 38.4 Å². The Morgan fingerprint density at radius 2 is 1.94 bits per heavy atom. The smallest absolute Gasteiger partial charge is 0.239 e. The van der Waals surface area contributed by atoms with Gasteiger partial charge in [-0.1, -0.05) is 0 Å². The third-order valence-corrected chi connectivity index (χ3v) is 5.01. The zero-order valence-corrected chi connectivity index (χ0v) is 11.1. The Labute approximate surface area is 102 Å². The van der Waals surface area contributed by atoms with E-state index in [2.05, 4.69) is 11.6 Å². The second kappa shape index (κ2) is 5.41. The number of hydrogen-bond donors (Lipinski definition) is 1. The molecule has 2 rings (SSSR count). The van der Waals surface area contributed by atoms with E-state index in [1.807, 2.05) is 23.7 Å². The molecule has 0 aromatic rings. The molecule has 1 unspecified atom stereocenters. The van der Waals surface area contributed by atoms with Gasteiger partial charge in [0.15, 0.2) is 0 Å². The molecule has 1 amide bonds. The van der Waals surface area contributed by atoms with Crippen LogP contribution in [0.5, 0.6) is 0 Å². The first-order valence-electron chi connectivity index (χ1n) is 6.24. The predicted molar refractivity (Wildman–Crippen MR) is 68.7 cm³/mol. The molecule has 1 aliphatic carbocycles. The van der Waals surface area contributed by atoms with Crippen molar-refractivity contribution >= 4 is 17.7 Å². The van der Waals surface area contributed by atoms with Crippen LogP contribution in [-0.4, -0.2) is 48.0 Å². The number of nitrogens with zero attached hydrogens (tertiary/aromatic N) is 1. The molecule has 1 N–H and O–H groups in total. The number of rotatable bonds is 3. The molecule has 1 saturated carbocycles. The number of amides is 1. The standard InChI is InChI=1S/C12H22N2OS/c1-14-8-7-11(12(14)15)13-9-3-5-10(16-2)6-4-9/h9-11,13H,3-8H2,1-2H3. The second-order valence-electron chi connectivity index (χ2n) is 4.98. The van der Waals surface area contributed by atoms with Gasteiger partial charge in [0.05, 0.1) is 6.04 Å². The average molecular weight is 242 g/mol. The molecule has 1 heterocycles. The lowest BCUT2D eigenvalue weighted by Crippen LogP contribution is -2.44. The molecular weight excluding hydrogens is 220 g/mol. The summed E-state index contributed by atoms with van der Waals surface area (Å²) in [5, 5.41) is 4.39. The van der Waals surface area contributed by atoms with Crippen molar-refractivity contribution in [2.24, 2.45) is 0 Å². The average Bonchev–Trinajstić information content (AvgIpc) is 2.62. The first-order chi connectivity index (χ1) is 7.70. The van der Waals surface area contributed by atoms with Crippen LogP contribution in [0.2, 0.25) is 0 Å². The van der Waals surface area contributed by atoms with Crippen LogP contribution in [0.1, 0.15) is 32.1 Å². The molecule has 3 nitrogen and oxygen atoms in total. The Kier molecular flexibility index (Phi) is 4.14. The van der Waals surface area contributed by atoms with Crippen molar-refractivity contribution in [3.63, 3.8) is 0 Å². The molecule has 0 spiro atoms. The lowest BCUT2D eigenvalue weighted by Gasteiger charge is -2.29. The lowest BCUT2D eigenvalue weighted by molar-refractivity contribution is -0.128. The summed E-state index contributed by atoms with van der Waals surface area (Å²) in [6, 6.07) is 0.671. The van der Waals surface area contributed by atoms with Crippen LogP contribution >= 0.6 is 11.8 Å². The third-order valence-electron chi connectivity index (χ3n) is 3.87. The van der Waals surface area contributed by atoms with Crippen LogP contribution in [0.4, 0.5) is 0 Å². The Balaban J connectivity index is 1.77. The molecule has 2 aliphatic rings. The van der Waals surface area contributed by atoms with Gasteiger partial charge in [0, 0.05) is 24.9 Å². The van der Waals surface area contributed by atoms with E-state index in [9.17, 15) is 4.79 Å². The summed E-state index contributed by atoms with van der Waals surface area (Å²) in [4.78, 5) is 13.6. The topological polar surface area (TPSA) is 32.3 Å². The minimum Gasteiger partial charge on any atom is -0.344 e. The second-order valence-corrected chi connectivity index (χ2v) is 6.12. The fourth-order valence-electron chi connectivity index (χ4n) is 2.73. The van der Waals surface area contributed by atoms with Gasteiger partial charge in [0.25, 0.3) is 0 Å². The summed E-state index contributed by atoms with van der Waals surface area (Å²) in [5.74, 6) is 0.284. The van der Waals surface area contributed by atoms with Gasteiger partial charge in [-0.15, -0.1) is 0 Å². The molecular formula is C12H22N2OS. The van der Waals surface area contributed by atoms with Gasteiger partial charge >= 0.3 is 0 Å². The van der Waals surface area contributed by atoms with E-state index in [0.717, 1.165) is 18.2 Å². The predicted octanol–water partition coefficient (Wildman–Crippen LogP) is 1.48. The largest absolute Gasteiger partial charge is 0.344 e. The maximum atomic E-state index is 11.8. The third kappa shape index (κ3) is 2.72. The molecule has 2 fully saturated rings. The van der Waals surface area contributed by atoms with E-state index < -0.39 is 0 Å². The van der Waals surface area contributed by atoms with Crippen molar-refractivity contribution < 1.29 is 4.79 Å². The number of hydrogen-bond acceptors (Lipinski definition) is 3. The minimum atomic E-state index is 0.0980. The SMILES string of the molecule is CSC1CCC(NC2CCN(C)C2=O)CC1. The van der Waals surface area contributed by atoms with E-state index in [0.29, 0.717) is 6.04 Å². The van der Waals surface area contributed by atoms with Crippen molar-refractivity contribution in [3.8, 4) is 0 Å². The maximum absolute atomic E-state index is 11.8. The van der Waals surface area contributed by atoms with Crippen LogP contribution in [-0.2, 0) is 4.79 Å². The number of carbonyl (C=O) groups is 1. The summed E-state index contributed by atoms with van der Waals surface area (Å²) >= 11 is 1.99. The molecule has 0 aromatic carbocycles. The van der Waals surface area contributed by atoms with Gasteiger partial charge in [-0.25, -0.2) is 0 Å². The van der Waals surface area contributed by atoms with E-state index in [-0.39, 0.29) is 11.9 Å². The monoisotopic (exact) mass is 242 g/mol. The summed E-state index contributed by atoms with van der Waals surface area (Å²) in [6.07, 6.45) is 8.26. The van der Waals surface area contributed by atoms with E-state index in [4.69, 9.17) is 0 Å². The summed E-state index contributed by atoms with van der Waals surface area (Å²) < 4.78 is 0. The van der Waals surface area contributed by atoms with Gasteiger partial charge in [0.1, 0.15) is 0 Å². The van der Waals surface area contributed by atoms with Crippen molar-refractivity contribution in [2.45, 2.75) is 49.4 Å². The Morgan fingerprint density at radius 1 is 1.25 bits per heavy atom. The van der Waals surface area contributed by atoms with Gasteiger partial charge < -0.3 is 10.2 Å². The number of likely N-dealkylation sites (N-methyl/N-ethyl adjacent to an activating group) is 1. The van der Waals surface area contributed by atoms with E-state index >= 15 is 0 Å². The molecule has 92 valence electrons. The van der Waals surface area contributed by atoms with Gasteiger partial charge in [-0.3, -0.25) is 4.79 Å². The fourth-order valence-corrected chi connectivity index (χ4v) is 3.47. The molecule has 4 heteroatoms. The van der Waals surface area contributed by atoms with Gasteiger partial charge in [0.2, 0.25) is 5.91 Å². The lowest BCUT2D eigenvalue weighted by atomic mass is 9.94. The van der Waals surface area contributed by atoms with Crippen LogP contribution in [0.3, 0.4) is 0 Å². The highest BCUT2D eigenvalue weighted by Crippen LogP contribution is 2.27. The Bertz CT molecular complexity index is 251. The number of likely N-dealkylation sites (tertiary alicyclic amines) is 1. The number of carbonyl (C=O) groups excluding carboxylic acids is 1. The van der Waals surface area contributed by atoms with Crippen molar-refractivity contribution in [1.82, 2.24) is 10.2 Å². The van der Waals surface area contributed by atoms with Crippen molar-refractivity contribution in [3.05, 3.63) is 0 Å². The fraction of sp³-hybridized carbons (Fsp3) is 0.917. The van der Waals surface area contributed by atoms with Gasteiger partial charge in [-0.2, -0.15) is 11.8 Å². The minimum absolute atomic E-state index is 0.0980. The molecule has 16 heavy (non-hydrogen) atoms. The molecule has 0 aromatic heterocycles. The van der Waals surface area contributed by atoms with Crippen LogP contribution < -0.4 is 5.32 Å². The molecule has 1 atom stereocenters. The van der Waals surface area contributed by atoms with E-state index in [1.165, 1.54) is 25.7 Å². The molecule has 0 radical (unpaired) electrons. The van der Waals surface area contributed by atoms with Crippen LogP contribution in [0, 0.1) is 0 Å². The first kappa shape index (κ1) is 12.2. The molecule has 1 aliphatic heterocycles. The van der Waals surface area contributed by atoms with Crippen molar-refractivity contribution in [1.29, 1.82) is 0 Å². The van der Waals surface area contributed by atoms with Crippen LogP contribution in [0.25, 0.3) is 0 Å². The first-order valence-corrected chi connectivity index (χ1v) is 7.53. The highest BCUT2D eigenvalue weighted by Gasteiger charge is 2.31. The summed E-state index contributed by atoms with van der Waals surface area (Å²) in [6.45, 7) is 0.913.